The average molecular weight is 212 g/mol. The van der Waals surface area contributed by atoms with Gasteiger partial charge in [-0.25, -0.2) is 0 Å². The molecule has 2 nitrogen and oxygen atoms in total. The first-order valence-corrected chi connectivity index (χ1v) is 4.50. The maximum absolute atomic E-state index is 10.7. The van der Waals surface area contributed by atoms with Gasteiger partial charge in [0.1, 0.15) is 4.49 Å². The first-order chi connectivity index (χ1) is 5.16. The molecule has 0 unspecified atom stereocenters. The third-order valence-corrected chi connectivity index (χ3v) is 1.96. The van der Waals surface area contributed by atoms with Crippen LogP contribution in [0, 0.1) is 0 Å². The number of halogens is 2. The minimum absolute atomic E-state index is 0.129. The van der Waals surface area contributed by atoms with Crippen LogP contribution in [0.1, 0.15) is 0 Å². The molecular weight excluding hydrogens is 205 g/mol. The Labute approximate surface area is 79.6 Å². The Kier molecular flexibility index (Phi) is 6.51. The van der Waals surface area contributed by atoms with Gasteiger partial charge in [-0.1, -0.05) is 29.8 Å². The zero-order valence-corrected chi connectivity index (χ0v) is 7.97. The summed E-state index contributed by atoms with van der Waals surface area (Å²) in [5.74, 6) is 0.158. The van der Waals surface area contributed by atoms with E-state index in [-0.39, 0.29) is 16.2 Å². The van der Waals surface area contributed by atoms with Crippen molar-refractivity contribution in [3.05, 3.63) is 22.7 Å². The van der Waals surface area contributed by atoms with Crippen LogP contribution in [0.5, 0.6) is 0 Å². The molecule has 0 aromatic heterocycles. The summed E-state index contributed by atoms with van der Waals surface area (Å²) in [6.07, 6.45) is 1.33. The van der Waals surface area contributed by atoms with Gasteiger partial charge in [-0.3, -0.25) is 4.79 Å². The molecule has 5 heteroatoms. The van der Waals surface area contributed by atoms with E-state index in [2.05, 4.69) is 11.9 Å². The summed E-state index contributed by atoms with van der Waals surface area (Å²) >= 11 is 11.8. The summed E-state index contributed by atoms with van der Waals surface area (Å²) in [7, 11) is 0. The Hall–Kier alpha value is -0.120. The molecule has 0 heterocycles. The Morgan fingerprint density at radius 2 is 2.27 bits per heavy atom. The minimum Gasteiger partial charge on any atom is -0.333 e. The van der Waals surface area contributed by atoms with E-state index in [1.165, 1.54) is 23.4 Å². The fourth-order valence-corrected chi connectivity index (χ4v) is 1.16. The number of carbonyl (C=O) groups excluding carboxylic acids is 1. The molecule has 0 saturated carbocycles. The number of hydrogen-bond acceptors (Lipinski definition) is 2. The van der Waals surface area contributed by atoms with Gasteiger partial charge in [0.25, 0.3) is 0 Å². The van der Waals surface area contributed by atoms with Gasteiger partial charge in [0.15, 0.2) is 0 Å². The first kappa shape index (κ1) is 10.9. The van der Waals surface area contributed by atoms with Crippen molar-refractivity contribution >= 4 is 40.9 Å². The van der Waals surface area contributed by atoms with Crippen molar-refractivity contribution in [2.45, 2.75) is 0 Å². The summed E-state index contributed by atoms with van der Waals surface area (Å²) in [5.41, 5.74) is 0. The second kappa shape index (κ2) is 6.58. The van der Waals surface area contributed by atoms with Crippen molar-refractivity contribution in [2.24, 2.45) is 0 Å². The molecule has 11 heavy (non-hydrogen) atoms. The maximum atomic E-state index is 10.7. The van der Waals surface area contributed by atoms with Crippen LogP contribution in [0.2, 0.25) is 0 Å². The van der Waals surface area contributed by atoms with Crippen LogP contribution in [0.25, 0.3) is 0 Å². The topological polar surface area (TPSA) is 29.1 Å². The molecule has 0 aliphatic heterocycles. The molecule has 1 N–H and O–H groups in total. The van der Waals surface area contributed by atoms with Crippen LogP contribution in [-0.2, 0) is 4.79 Å². The third kappa shape index (κ3) is 7.78. The van der Waals surface area contributed by atoms with E-state index in [1.54, 1.807) is 0 Å². The van der Waals surface area contributed by atoms with Crippen LogP contribution in [-0.4, -0.2) is 11.7 Å². The molecule has 0 rings (SSSR count). The number of amides is 1. The lowest BCUT2D eigenvalue weighted by atomic mass is 10.7. The zero-order valence-electron chi connectivity index (χ0n) is 5.64. The summed E-state index contributed by atoms with van der Waals surface area (Å²) in [5, 5.41) is 3.90. The highest BCUT2D eigenvalue weighted by Gasteiger charge is 1.95. The smallest absolute Gasteiger partial charge is 0.234 e. The van der Waals surface area contributed by atoms with E-state index in [0.717, 1.165) is 0 Å². The fourth-order valence-electron chi connectivity index (χ4n) is 0.336. The molecule has 0 bridgehead atoms. The van der Waals surface area contributed by atoms with Crippen molar-refractivity contribution in [3.63, 3.8) is 0 Å². The predicted octanol–water partition coefficient (Wildman–Crippen LogP) is 2.26. The van der Waals surface area contributed by atoms with Crippen molar-refractivity contribution in [3.8, 4) is 0 Å². The van der Waals surface area contributed by atoms with Crippen LogP contribution >= 0.6 is 35.0 Å². The standard InChI is InChI=1S/C6H7Cl2NOS/c1-2-9-6(10)4-11-3-5(7)8/h2-3H,1,4H2,(H,9,10). The summed E-state index contributed by atoms with van der Waals surface area (Å²) < 4.78 is 0.154. The number of thioether (sulfide) groups is 1. The molecule has 0 saturated heterocycles. The van der Waals surface area contributed by atoms with Crippen molar-refractivity contribution in [2.75, 3.05) is 5.75 Å². The molecule has 0 radical (unpaired) electrons. The molecule has 0 atom stereocenters. The average Bonchev–Trinajstić information content (AvgIpc) is 1.87. The largest absolute Gasteiger partial charge is 0.333 e. The lowest BCUT2D eigenvalue weighted by Gasteiger charge is -1.94. The van der Waals surface area contributed by atoms with Gasteiger partial charge >= 0.3 is 0 Å². The lowest BCUT2D eigenvalue weighted by Crippen LogP contribution is -2.18. The summed E-state index contributed by atoms with van der Waals surface area (Å²) in [6.45, 7) is 3.34. The number of nitrogens with one attached hydrogen (secondary N) is 1. The van der Waals surface area contributed by atoms with Crippen molar-refractivity contribution < 1.29 is 4.79 Å². The van der Waals surface area contributed by atoms with Gasteiger partial charge < -0.3 is 5.32 Å². The van der Waals surface area contributed by atoms with Gasteiger partial charge in [0.05, 0.1) is 5.75 Å². The molecular formula is C6H7Cl2NOS. The molecule has 0 aliphatic carbocycles. The molecule has 0 aliphatic rings. The Morgan fingerprint density at radius 1 is 1.64 bits per heavy atom. The number of hydrogen-bond donors (Lipinski definition) is 1. The van der Waals surface area contributed by atoms with Gasteiger partial charge in [-0.15, -0.1) is 11.8 Å². The number of carbonyl (C=O) groups is 1. The van der Waals surface area contributed by atoms with E-state index in [9.17, 15) is 4.79 Å². The van der Waals surface area contributed by atoms with Crippen molar-refractivity contribution in [1.82, 2.24) is 5.32 Å². The quantitative estimate of drug-likeness (QED) is 0.774. The maximum Gasteiger partial charge on any atom is 0.234 e. The van der Waals surface area contributed by atoms with Crippen LogP contribution in [0.15, 0.2) is 22.7 Å². The highest BCUT2D eigenvalue weighted by Crippen LogP contribution is 2.13. The van der Waals surface area contributed by atoms with Crippen LogP contribution in [0.4, 0.5) is 0 Å². The van der Waals surface area contributed by atoms with Gasteiger partial charge in [0.2, 0.25) is 5.91 Å². The van der Waals surface area contributed by atoms with E-state index >= 15 is 0 Å². The Balaban J connectivity index is 3.46. The summed E-state index contributed by atoms with van der Waals surface area (Å²) in [6, 6.07) is 0. The molecule has 0 fully saturated rings. The van der Waals surface area contributed by atoms with E-state index in [0.29, 0.717) is 0 Å². The minimum atomic E-state index is -0.129. The second-order valence-electron chi connectivity index (χ2n) is 1.49. The second-order valence-corrected chi connectivity index (χ2v) is 3.36. The predicted molar refractivity (Wildman–Crippen MR) is 50.6 cm³/mol. The lowest BCUT2D eigenvalue weighted by molar-refractivity contribution is -0.117. The zero-order chi connectivity index (χ0) is 8.69. The van der Waals surface area contributed by atoms with E-state index < -0.39 is 0 Å². The van der Waals surface area contributed by atoms with Gasteiger partial charge in [0, 0.05) is 5.41 Å². The molecule has 0 spiro atoms. The SMILES string of the molecule is C=CNC(=O)CSC=C(Cl)Cl. The number of rotatable bonds is 4. The third-order valence-electron chi connectivity index (χ3n) is 0.650. The van der Waals surface area contributed by atoms with E-state index in [1.807, 2.05) is 0 Å². The van der Waals surface area contributed by atoms with Crippen LogP contribution < -0.4 is 5.32 Å². The Morgan fingerprint density at radius 3 is 2.73 bits per heavy atom. The molecule has 0 aromatic rings. The first-order valence-electron chi connectivity index (χ1n) is 2.70. The van der Waals surface area contributed by atoms with Gasteiger partial charge in [-0.2, -0.15) is 0 Å². The molecule has 0 aromatic carbocycles. The van der Waals surface area contributed by atoms with E-state index in [4.69, 9.17) is 23.2 Å². The van der Waals surface area contributed by atoms with Crippen LogP contribution in [0.3, 0.4) is 0 Å². The molecule has 62 valence electrons. The Bertz CT molecular complexity index is 177. The normalized spacial score (nSPS) is 8.55. The highest BCUT2D eigenvalue weighted by molar-refractivity contribution is 8.02. The molecule has 1 amide bonds. The monoisotopic (exact) mass is 211 g/mol. The van der Waals surface area contributed by atoms with Crippen molar-refractivity contribution in [1.29, 1.82) is 0 Å². The summed E-state index contributed by atoms with van der Waals surface area (Å²) in [4.78, 5) is 10.7. The van der Waals surface area contributed by atoms with Gasteiger partial charge in [-0.05, 0) is 6.20 Å². The highest BCUT2D eigenvalue weighted by atomic mass is 35.5. The fraction of sp³-hybridized carbons (Fsp3) is 0.167.